The molecule has 2 aromatic heterocycles. The maximum atomic E-state index is 12.0. The van der Waals surface area contributed by atoms with Crippen LogP contribution in [0.2, 0.25) is 0 Å². The molecular formula is C12H13NOS2. The summed E-state index contributed by atoms with van der Waals surface area (Å²) in [6.07, 6.45) is 0.428. The first-order valence-corrected chi connectivity index (χ1v) is 6.77. The molecule has 0 aliphatic carbocycles. The largest absolute Gasteiger partial charge is 0.293 e. The van der Waals surface area contributed by atoms with Crippen LogP contribution < -0.4 is 0 Å². The van der Waals surface area contributed by atoms with Gasteiger partial charge < -0.3 is 0 Å². The minimum atomic E-state index is 0.176. The van der Waals surface area contributed by atoms with E-state index in [1.807, 2.05) is 32.2 Å². The Morgan fingerprint density at radius 2 is 2.12 bits per heavy atom. The van der Waals surface area contributed by atoms with E-state index in [4.69, 9.17) is 0 Å². The maximum absolute atomic E-state index is 12.0. The molecule has 0 saturated heterocycles. The van der Waals surface area contributed by atoms with Crippen molar-refractivity contribution < 1.29 is 4.79 Å². The maximum Gasteiger partial charge on any atom is 0.179 e. The van der Waals surface area contributed by atoms with Gasteiger partial charge in [-0.15, -0.1) is 22.7 Å². The van der Waals surface area contributed by atoms with Gasteiger partial charge in [-0.2, -0.15) is 0 Å². The minimum absolute atomic E-state index is 0.176. The number of nitrogens with zero attached hydrogens (tertiary/aromatic N) is 1. The Labute approximate surface area is 103 Å². The van der Waals surface area contributed by atoms with Gasteiger partial charge in [-0.25, -0.2) is 4.98 Å². The zero-order valence-electron chi connectivity index (χ0n) is 9.53. The molecule has 4 heteroatoms. The monoisotopic (exact) mass is 251 g/mol. The van der Waals surface area contributed by atoms with E-state index in [0.29, 0.717) is 6.42 Å². The fourth-order valence-electron chi connectivity index (χ4n) is 1.42. The second-order valence-electron chi connectivity index (χ2n) is 3.83. The van der Waals surface area contributed by atoms with Crippen LogP contribution in [0.4, 0.5) is 0 Å². The molecule has 0 aliphatic heterocycles. The van der Waals surface area contributed by atoms with Gasteiger partial charge in [0.15, 0.2) is 5.78 Å². The first kappa shape index (κ1) is 11.5. The van der Waals surface area contributed by atoms with Gasteiger partial charge in [-0.05, 0) is 32.4 Å². The highest BCUT2D eigenvalue weighted by atomic mass is 32.1. The van der Waals surface area contributed by atoms with E-state index in [0.717, 1.165) is 15.6 Å². The summed E-state index contributed by atoms with van der Waals surface area (Å²) in [4.78, 5) is 18.3. The van der Waals surface area contributed by atoms with E-state index >= 15 is 0 Å². The van der Waals surface area contributed by atoms with Gasteiger partial charge in [-0.1, -0.05) is 0 Å². The van der Waals surface area contributed by atoms with E-state index in [1.165, 1.54) is 10.4 Å². The number of rotatable bonds is 3. The van der Waals surface area contributed by atoms with Crippen molar-refractivity contribution in [1.29, 1.82) is 0 Å². The molecule has 0 fully saturated rings. The lowest BCUT2D eigenvalue weighted by Crippen LogP contribution is -2.00. The number of hydrogen-bond donors (Lipinski definition) is 0. The molecule has 0 saturated carbocycles. The van der Waals surface area contributed by atoms with Crippen LogP contribution in [-0.2, 0) is 6.42 Å². The van der Waals surface area contributed by atoms with Crippen LogP contribution in [0, 0.1) is 20.8 Å². The van der Waals surface area contributed by atoms with Gasteiger partial charge in [0, 0.05) is 16.0 Å². The van der Waals surface area contributed by atoms with Gasteiger partial charge in [0.05, 0.1) is 11.3 Å². The number of aromatic nitrogens is 1. The lowest BCUT2D eigenvalue weighted by Gasteiger charge is -1.93. The molecule has 0 unspecified atom stereocenters. The van der Waals surface area contributed by atoms with Gasteiger partial charge in [-0.3, -0.25) is 4.79 Å². The molecule has 0 radical (unpaired) electrons. The third-order valence-corrected chi connectivity index (χ3v) is 4.58. The Bertz CT molecular complexity index is 505. The van der Waals surface area contributed by atoms with Crippen LogP contribution >= 0.6 is 22.7 Å². The molecule has 0 aliphatic rings. The lowest BCUT2D eigenvalue weighted by atomic mass is 10.2. The summed E-state index contributed by atoms with van der Waals surface area (Å²) >= 11 is 3.13. The summed E-state index contributed by atoms with van der Waals surface area (Å²) in [5.74, 6) is 0.176. The lowest BCUT2D eigenvalue weighted by molar-refractivity contribution is 0.0996. The van der Waals surface area contributed by atoms with Crippen molar-refractivity contribution >= 4 is 28.5 Å². The standard InChI is InChI=1S/C12H13NOS2/c1-7-4-11(16-9(7)3)10(14)5-12-13-8(2)6-15-12/h4,6H,5H2,1-3H3. The number of ketones is 1. The average Bonchev–Trinajstić information content (AvgIpc) is 2.75. The van der Waals surface area contributed by atoms with Crippen molar-refractivity contribution in [3.8, 4) is 0 Å². The molecule has 84 valence electrons. The van der Waals surface area contributed by atoms with Crippen molar-refractivity contribution in [2.75, 3.05) is 0 Å². The topological polar surface area (TPSA) is 30.0 Å². The molecule has 0 aromatic carbocycles. The van der Waals surface area contributed by atoms with Crippen LogP contribution in [0.1, 0.15) is 30.8 Å². The zero-order chi connectivity index (χ0) is 11.7. The average molecular weight is 251 g/mol. The highest BCUT2D eigenvalue weighted by Crippen LogP contribution is 2.22. The molecule has 2 nitrogen and oxygen atoms in total. The number of carbonyl (C=O) groups excluding carboxylic acids is 1. The smallest absolute Gasteiger partial charge is 0.179 e. The number of thiophene rings is 1. The summed E-state index contributed by atoms with van der Waals surface area (Å²) in [7, 11) is 0. The fourth-order valence-corrected chi connectivity index (χ4v) is 3.16. The van der Waals surface area contributed by atoms with Crippen LogP contribution in [0.25, 0.3) is 0 Å². The number of hydrogen-bond acceptors (Lipinski definition) is 4. The Morgan fingerprint density at radius 3 is 2.62 bits per heavy atom. The van der Waals surface area contributed by atoms with E-state index in [-0.39, 0.29) is 5.78 Å². The predicted octanol–water partition coefficient (Wildman–Crippen LogP) is 3.56. The minimum Gasteiger partial charge on any atom is -0.293 e. The third kappa shape index (κ3) is 2.39. The van der Waals surface area contributed by atoms with E-state index in [9.17, 15) is 4.79 Å². The highest BCUT2D eigenvalue weighted by molar-refractivity contribution is 7.14. The van der Waals surface area contributed by atoms with Gasteiger partial charge in [0.1, 0.15) is 5.01 Å². The fraction of sp³-hybridized carbons (Fsp3) is 0.333. The Morgan fingerprint density at radius 1 is 1.38 bits per heavy atom. The second-order valence-corrected chi connectivity index (χ2v) is 6.03. The Hall–Kier alpha value is -1.00. The Kier molecular flexibility index (Phi) is 3.21. The van der Waals surface area contributed by atoms with Crippen molar-refractivity contribution in [2.24, 2.45) is 0 Å². The van der Waals surface area contributed by atoms with E-state index in [2.05, 4.69) is 4.98 Å². The molecule has 2 heterocycles. The molecule has 0 bridgehead atoms. The van der Waals surface area contributed by atoms with Crippen LogP contribution in [0.15, 0.2) is 11.4 Å². The van der Waals surface area contributed by atoms with Gasteiger partial charge >= 0.3 is 0 Å². The van der Waals surface area contributed by atoms with Crippen LogP contribution in [0.3, 0.4) is 0 Å². The summed E-state index contributed by atoms with van der Waals surface area (Å²) in [5.41, 5.74) is 2.19. The first-order chi connectivity index (χ1) is 7.56. The number of aryl methyl sites for hydroxylation is 3. The quantitative estimate of drug-likeness (QED) is 0.781. The molecule has 0 N–H and O–H groups in total. The SMILES string of the molecule is Cc1csc(CC(=O)c2cc(C)c(C)s2)n1. The zero-order valence-corrected chi connectivity index (χ0v) is 11.2. The number of carbonyl (C=O) groups is 1. The molecular weight excluding hydrogens is 238 g/mol. The van der Waals surface area contributed by atoms with E-state index in [1.54, 1.807) is 22.7 Å². The van der Waals surface area contributed by atoms with Crippen LogP contribution in [-0.4, -0.2) is 10.8 Å². The first-order valence-electron chi connectivity index (χ1n) is 5.07. The molecule has 0 spiro atoms. The molecule has 0 atom stereocenters. The Balaban J connectivity index is 2.14. The molecule has 16 heavy (non-hydrogen) atoms. The normalized spacial score (nSPS) is 10.7. The van der Waals surface area contributed by atoms with Crippen molar-refractivity contribution in [2.45, 2.75) is 27.2 Å². The number of Topliss-reactive ketones (excluding diaryl/α,β-unsaturated/α-hetero) is 1. The van der Waals surface area contributed by atoms with Crippen molar-refractivity contribution in [3.05, 3.63) is 37.5 Å². The summed E-state index contributed by atoms with van der Waals surface area (Å²) in [5, 5.41) is 2.89. The van der Waals surface area contributed by atoms with E-state index < -0.39 is 0 Å². The summed E-state index contributed by atoms with van der Waals surface area (Å²) in [6, 6.07) is 1.97. The molecule has 2 rings (SSSR count). The highest BCUT2D eigenvalue weighted by Gasteiger charge is 2.12. The molecule has 0 amide bonds. The summed E-state index contributed by atoms with van der Waals surface area (Å²) in [6.45, 7) is 6.03. The molecule has 2 aromatic rings. The summed E-state index contributed by atoms with van der Waals surface area (Å²) < 4.78 is 0. The van der Waals surface area contributed by atoms with Crippen molar-refractivity contribution in [1.82, 2.24) is 4.98 Å². The van der Waals surface area contributed by atoms with Crippen molar-refractivity contribution in [3.63, 3.8) is 0 Å². The van der Waals surface area contributed by atoms with Gasteiger partial charge in [0.25, 0.3) is 0 Å². The van der Waals surface area contributed by atoms with Gasteiger partial charge in [0.2, 0.25) is 0 Å². The third-order valence-electron chi connectivity index (χ3n) is 2.42. The predicted molar refractivity (Wildman–Crippen MR) is 68.7 cm³/mol. The second kappa shape index (κ2) is 4.47. The van der Waals surface area contributed by atoms with Crippen LogP contribution in [0.5, 0.6) is 0 Å². The number of thiazole rings is 1.